The molecule has 7 heteroatoms. The molecule has 268 valence electrons. The number of likely N-dealkylation sites (tertiary alicyclic amines) is 3. The van der Waals surface area contributed by atoms with Crippen molar-refractivity contribution >= 4 is 33.2 Å². The predicted octanol–water partition coefficient (Wildman–Crippen LogP) is 8.06. The van der Waals surface area contributed by atoms with Crippen LogP contribution in [0.1, 0.15) is 58.0 Å². The maximum atomic E-state index is 6.53. The standard InChI is InChI=1S/C42H65N4O3/c1-7-34-17-23-44(4,24-18-34)36-13-15-40-38(31-36)39-32-37(45(5)25-19-35(8-2)20-26-45)14-16-41(39)43(40)42(46(6)21-11-10-12-22-46)33-49-30-29-48-28-27-47-9-3/h7-8,13-16,31-32,34-35,42H,1-2,9-12,17-30,33H2,3-6H3/q+3. The van der Waals surface area contributed by atoms with Gasteiger partial charge in [0, 0.05) is 67.3 Å². The number of quaternary nitrogens is 3. The molecule has 49 heavy (non-hydrogen) atoms. The van der Waals surface area contributed by atoms with E-state index in [-0.39, 0.29) is 6.17 Å². The van der Waals surface area contributed by atoms with Gasteiger partial charge in [0.1, 0.15) is 18.0 Å². The van der Waals surface area contributed by atoms with Crippen molar-refractivity contribution < 1.29 is 18.7 Å². The van der Waals surface area contributed by atoms with Crippen molar-refractivity contribution in [2.45, 2.75) is 58.0 Å². The summed E-state index contributed by atoms with van der Waals surface area (Å²) in [7, 11) is 7.35. The Morgan fingerprint density at radius 2 is 1.14 bits per heavy atom. The summed E-state index contributed by atoms with van der Waals surface area (Å²) in [6.45, 7) is 21.0. The molecule has 6 rings (SSSR count). The van der Waals surface area contributed by atoms with E-state index in [1.807, 2.05) is 6.92 Å². The van der Waals surface area contributed by atoms with Gasteiger partial charge in [-0.05, 0) is 50.2 Å². The minimum Gasteiger partial charge on any atom is -0.379 e. The first kappa shape index (κ1) is 36.3. The molecule has 3 fully saturated rings. The first-order valence-electron chi connectivity index (χ1n) is 19.3. The number of fused-ring (bicyclic) bond motifs is 3. The van der Waals surface area contributed by atoms with E-state index in [4.69, 9.17) is 14.2 Å². The summed E-state index contributed by atoms with van der Waals surface area (Å²) < 4.78 is 23.5. The van der Waals surface area contributed by atoms with Crippen LogP contribution in [0.3, 0.4) is 0 Å². The largest absolute Gasteiger partial charge is 0.379 e. The van der Waals surface area contributed by atoms with Crippen LogP contribution >= 0.6 is 0 Å². The number of ether oxygens (including phenoxy) is 3. The molecule has 0 saturated carbocycles. The lowest BCUT2D eigenvalue weighted by Crippen LogP contribution is -2.54. The summed E-state index contributed by atoms with van der Waals surface area (Å²) in [5, 5.41) is 2.78. The minimum absolute atomic E-state index is 0.182. The van der Waals surface area contributed by atoms with E-state index in [0.29, 0.717) is 44.9 Å². The minimum atomic E-state index is 0.182. The van der Waals surface area contributed by atoms with Gasteiger partial charge in [0.2, 0.25) is 0 Å². The van der Waals surface area contributed by atoms with Gasteiger partial charge in [-0.3, -0.25) is 13.5 Å². The van der Waals surface area contributed by atoms with Crippen LogP contribution in [0.15, 0.2) is 61.7 Å². The van der Waals surface area contributed by atoms with Gasteiger partial charge in [-0.15, -0.1) is 13.2 Å². The van der Waals surface area contributed by atoms with Gasteiger partial charge < -0.3 is 18.7 Å². The van der Waals surface area contributed by atoms with Crippen molar-refractivity contribution in [1.29, 1.82) is 0 Å². The van der Waals surface area contributed by atoms with E-state index >= 15 is 0 Å². The molecule has 1 atom stereocenters. The number of rotatable bonds is 15. The van der Waals surface area contributed by atoms with Gasteiger partial charge in [-0.25, -0.2) is 0 Å². The molecule has 3 aliphatic heterocycles. The summed E-state index contributed by atoms with van der Waals surface area (Å²) in [6, 6.07) is 14.9. The first-order valence-corrected chi connectivity index (χ1v) is 19.3. The normalized spacial score (nSPS) is 28.1. The van der Waals surface area contributed by atoms with E-state index in [1.165, 1.54) is 91.2 Å². The molecule has 1 unspecified atom stereocenters. The Hall–Kier alpha value is -2.52. The van der Waals surface area contributed by atoms with Crippen molar-refractivity contribution in [3.8, 4) is 0 Å². The number of hydrogen-bond acceptors (Lipinski definition) is 3. The second kappa shape index (κ2) is 15.8. The molecule has 7 nitrogen and oxygen atoms in total. The van der Waals surface area contributed by atoms with Gasteiger partial charge in [0.25, 0.3) is 0 Å². The second-order valence-corrected chi connectivity index (χ2v) is 16.0. The molecule has 0 bridgehead atoms. The molecule has 0 aliphatic carbocycles. The van der Waals surface area contributed by atoms with Gasteiger partial charge >= 0.3 is 0 Å². The summed E-state index contributed by atoms with van der Waals surface area (Å²) >= 11 is 0. The molecule has 1 aromatic heterocycles. The average Bonchev–Trinajstić information content (AvgIpc) is 3.44. The number of piperidine rings is 3. The number of nitrogens with zero attached hydrogens (tertiary/aromatic N) is 4. The van der Waals surface area contributed by atoms with Crippen molar-refractivity contribution in [3.63, 3.8) is 0 Å². The SMILES string of the molecule is C=CC1CC[N+](C)(c2ccc3c(c2)c2cc([N+]4(C)CCC(C=C)CC4)ccc2n3C(COCCOCCOCC)[N+]2(C)CCCCC2)CC1. The summed E-state index contributed by atoms with van der Waals surface area (Å²) in [5.41, 5.74) is 5.54. The lowest BCUT2D eigenvalue weighted by molar-refractivity contribution is -0.952. The highest BCUT2D eigenvalue weighted by atomic mass is 16.5. The maximum Gasteiger partial charge on any atom is 0.192 e. The number of allylic oxidation sites excluding steroid dienone is 2. The van der Waals surface area contributed by atoms with Crippen LogP contribution in [0.25, 0.3) is 21.8 Å². The molecule has 3 aromatic rings. The van der Waals surface area contributed by atoms with Gasteiger partial charge in [-0.2, -0.15) is 0 Å². The molecule has 3 saturated heterocycles. The predicted molar refractivity (Wildman–Crippen MR) is 207 cm³/mol. The van der Waals surface area contributed by atoms with E-state index < -0.39 is 0 Å². The quantitative estimate of drug-likeness (QED) is 0.0930. The van der Waals surface area contributed by atoms with Crippen LogP contribution in [-0.2, 0) is 14.2 Å². The third-order valence-corrected chi connectivity index (χ3v) is 12.7. The monoisotopic (exact) mass is 674 g/mol. The van der Waals surface area contributed by atoms with Crippen LogP contribution in [-0.4, -0.2) is 109 Å². The second-order valence-electron chi connectivity index (χ2n) is 16.0. The van der Waals surface area contributed by atoms with Crippen molar-refractivity contribution in [1.82, 2.24) is 13.5 Å². The Labute approximate surface area is 296 Å². The van der Waals surface area contributed by atoms with E-state index in [1.54, 1.807) is 0 Å². The lowest BCUT2D eigenvalue weighted by Gasteiger charge is -2.45. The Kier molecular flexibility index (Phi) is 11.7. The number of hydrogen-bond donors (Lipinski definition) is 0. The fraction of sp³-hybridized carbons (Fsp3) is 0.619. The number of benzene rings is 2. The van der Waals surface area contributed by atoms with Gasteiger partial charge in [0.15, 0.2) is 6.17 Å². The molecule has 0 spiro atoms. The first-order chi connectivity index (χ1) is 23.7. The molecular formula is C42H65N4O3+3. The van der Waals surface area contributed by atoms with Crippen molar-refractivity contribution in [3.05, 3.63) is 61.7 Å². The lowest BCUT2D eigenvalue weighted by atomic mass is 9.94. The zero-order valence-corrected chi connectivity index (χ0v) is 31.2. The molecular weight excluding hydrogens is 608 g/mol. The highest BCUT2D eigenvalue weighted by Crippen LogP contribution is 2.42. The summed E-state index contributed by atoms with van der Waals surface area (Å²) in [5.74, 6) is 1.28. The fourth-order valence-electron chi connectivity index (χ4n) is 9.06. The Bertz CT molecular complexity index is 1470. The van der Waals surface area contributed by atoms with Crippen LogP contribution in [0.4, 0.5) is 11.4 Å². The Balaban J connectivity index is 1.41. The van der Waals surface area contributed by atoms with Crippen LogP contribution in [0.2, 0.25) is 0 Å². The van der Waals surface area contributed by atoms with E-state index in [0.717, 1.165) is 46.2 Å². The maximum absolute atomic E-state index is 6.53. The van der Waals surface area contributed by atoms with E-state index in [2.05, 4.69) is 87.4 Å². The highest BCUT2D eigenvalue weighted by molar-refractivity contribution is 6.10. The summed E-state index contributed by atoms with van der Waals surface area (Å²) in [4.78, 5) is 0. The third-order valence-electron chi connectivity index (χ3n) is 12.7. The van der Waals surface area contributed by atoms with Crippen LogP contribution in [0.5, 0.6) is 0 Å². The van der Waals surface area contributed by atoms with Crippen molar-refractivity contribution in [2.24, 2.45) is 11.8 Å². The zero-order chi connectivity index (χ0) is 34.5. The molecule has 0 amide bonds. The Morgan fingerprint density at radius 3 is 1.61 bits per heavy atom. The molecule has 4 heterocycles. The topological polar surface area (TPSA) is 32.6 Å². The zero-order valence-electron chi connectivity index (χ0n) is 31.2. The van der Waals surface area contributed by atoms with Crippen LogP contribution in [0, 0.1) is 11.8 Å². The average molecular weight is 674 g/mol. The van der Waals surface area contributed by atoms with E-state index in [9.17, 15) is 0 Å². The molecule has 0 radical (unpaired) electrons. The molecule has 0 N–H and O–H groups in total. The number of aromatic nitrogens is 1. The highest BCUT2D eigenvalue weighted by Gasteiger charge is 2.39. The smallest absolute Gasteiger partial charge is 0.192 e. The Morgan fingerprint density at radius 1 is 0.673 bits per heavy atom. The van der Waals surface area contributed by atoms with Gasteiger partial charge in [0.05, 0.1) is 97.9 Å². The van der Waals surface area contributed by atoms with Crippen LogP contribution < -0.4 is 8.97 Å². The van der Waals surface area contributed by atoms with Gasteiger partial charge in [-0.1, -0.05) is 12.2 Å². The molecule has 2 aromatic carbocycles. The number of likely N-dealkylation sites (N-methyl/N-ethyl adjacent to an activating group) is 1. The molecule has 3 aliphatic rings. The third kappa shape index (κ3) is 7.73. The van der Waals surface area contributed by atoms with Crippen molar-refractivity contribution in [2.75, 3.05) is 100 Å². The summed E-state index contributed by atoms with van der Waals surface area (Å²) in [6.07, 6.45) is 13.2. The fourth-order valence-corrected chi connectivity index (χ4v) is 9.06.